The maximum Gasteiger partial charge on any atom is 0.506 e. The topological polar surface area (TPSA) is 46.5 Å². The van der Waals surface area contributed by atoms with E-state index in [4.69, 9.17) is 9.84 Å². The van der Waals surface area contributed by atoms with E-state index in [0.29, 0.717) is 5.41 Å². The van der Waals surface area contributed by atoms with Crippen molar-refractivity contribution in [2.75, 3.05) is 0 Å². The van der Waals surface area contributed by atoms with Gasteiger partial charge in [0.05, 0.1) is 0 Å². The summed E-state index contributed by atoms with van der Waals surface area (Å²) in [5.74, 6) is 5.09. The van der Waals surface area contributed by atoms with Crippen molar-refractivity contribution in [1.29, 1.82) is 0 Å². The minimum absolute atomic E-state index is 0.134. The Kier molecular flexibility index (Phi) is 6.54. The van der Waals surface area contributed by atoms with E-state index < -0.39 is 6.16 Å². The molecule has 4 aliphatic carbocycles. The molecule has 8 atom stereocenters. The van der Waals surface area contributed by atoms with Crippen molar-refractivity contribution in [3.8, 4) is 0 Å². The largest absolute Gasteiger partial charge is 0.506 e. The van der Waals surface area contributed by atoms with E-state index in [0.717, 1.165) is 54.8 Å². The van der Waals surface area contributed by atoms with Gasteiger partial charge >= 0.3 is 6.16 Å². The fraction of sp³-hybridized carbons (Fsp3) is 0.893. The average molecular weight is 431 g/mol. The molecule has 3 nitrogen and oxygen atoms in total. The lowest BCUT2D eigenvalue weighted by Gasteiger charge is -2.58. The van der Waals surface area contributed by atoms with E-state index in [1.54, 1.807) is 0 Å². The minimum Gasteiger partial charge on any atom is -0.450 e. The molecular formula is C28H46O3. The zero-order valence-corrected chi connectivity index (χ0v) is 20.7. The quantitative estimate of drug-likeness (QED) is 0.342. The van der Waals surface area contributed by atoms with Crippen LogP contribution in [0.4, 0.5) is 4.79 Å². The van der Waals surface area contributed by atoms with Crippen LogP contribution in [-0.4, -0.2) is 17.4 Å². The van der Waals surface area contributed by atoms with Gasteiger partial charge in [-0.2, -0.15) is 0 Å². The zero-order valence-electron chi connectivity index (χ0n) is 20.7. The molecular weight excluding hydrogens is 384 g/mol. The summed E-state index contributed by atoms with van der Waals surface area (Å²) in [5.41, 5.74) is 2.30. The van der Waals surface area contributed by atoms with E-state index in [-0.39, 0.29) is 11.5 Å². The summed E-state index contributed by atoms with van der Waals surface area (Å²) in [6, 6.07) is 0. The number of hydrogen-bond acceptors (Lipinski definition) is 2. The van der Waals surface area contributed by atoms with Gasteiger partial charge in [0.1, 0.15) is 6.10 Å². The third-order valence-electron chi connectivity index (χ3n) is 10.5. The first-order chi connectivity index (χ1) is 14.6. The molecule has 3 fully saturated rings. The smallest absolute Gasteiger partial charge is 0.450 e. The molecule has 3 heteroatoms. The highest BCUT2D eigenvalue weighted by Crippen LogP contribution is 2.67. The molecule has 4 aliphatic rings. The number of allylic oxidation sites excluding steroid dienone is 1. The van der Waals surface area contributed by atoms with Crippen molar-refractivity contribution in [3.05, 3.63) is 11.6 Å². The molecule has 31 heavy (non-hydrogen) atoms. The Labute approximate surface area is 190 Å². The lowest BCUT2D eigenvalue weighted by molar-refractivity contribution is -0.0601. The predicted octanol–water partition coefficient (Wildman–Crippen LogP) is 8.09. The first-order valence-electron chi connectivity index (χ1n) is 13.2. The van der Waals surface area contributed by atoms with Gasteiger partial charge in [-0.25, -0.2) is 4.79 Å². The molecule has 0 spiro atoms. The fourth-order valence-corrected chi connectivity index (χ4v) is 8.90. The molecule has 0 heterocycles. The Hall–Kier alpha value is -0.990. The summed E-state index contributed by atoms with van der Waals surface area (Å²) in [4.78, 5) is 11.0. The Morgan fingerprint density at radius 2 is 1.87 bits per heavy atom. The Morgan fingerprint density at radius 3 is 2.58 bits per heavy atom. The molecule has 0 saturated heterocycles. The van der Waals surface area contributed by atoms with Gasteiger partial charge in [0.2, 0.25) is 0 Å². The van der Waals surface area contributed by atoms with Crippen molar-refractivity contribution >= 4 is 6.16 Å². The zero-order chi connectivity index (χ0) is 22.4. The van der Waals surface area contributed by atoms with Crippen LogP contribution in [0.3, 0.4) is 0 Å². The van der Waals surface area contributed by atoms with Crippen molar-refractivity contribution < 1.29 is 14.6 Å². The van der Waals surface area contributed by atoms with Crippen LogP contribution in [-0.2, 0) is 4.74 Å². The van der Waals surface area contributed by atoms with Crippen LogP contribution in [0, 0.1) is 46.3 Å². The van der Waals surface area contributed by atoms with E-state index in [9.17, 15) is 4.79 Å². The molecule has 4 rings (SSSR count). The number of fused-ring (bicyclic) bond motifs is 5. The Morgan fingerprint density at radius 1 is 1.10 bits per heavy atom. The number of ether oxygens (including phenoxy) is 1. The highest BCUT2D eigenvalue weighted by molar-refractivity contribution is 5.57. The summed E-state index contributed by atoms with van der Waals surface area (Å²) in [6.07, 6.45) is 15.1. The molecule has 0 aromatic heterocycles. The first kappa shape index (κ1) is 23.2. The monoisotopic (exact) mass is 430 g/mol. The van der Waals surface area contributed by atoms with Crippen LogP contribution in [0.5, 0.6) is 0 Å². The van der Waals surface area contributed by atoms with E-state index in [1.807, 2.05) is 0 Å². The molecule has 0 bridgehead atoms. The Bertz CT molecular complexity index is 696. The predicted molar refractivity (Wildman–Crippen MR) is 126 cm³/mol. The molecule has 0 aromatic carbocycles. The first-order valence-corrected chi connectivity index (χ1v) is 13.2. The average Bonchev–Trinajstić information content (AvgIpc) is 3.05. The summed E-state index contributed by atoms with van der Waals surface area (Å²) < 4.78 is 5.17. The number of hydrogen-bond donors (Lipinski definition) is 1. The van der Waals surface area contributed by atoms with Crippen molar-refractivity contribution in [1.82, 2.24) is 0 Å². The van der Waals surface area contributed by atoms with Crippen molar-refractivity contribution in [2.24, 2.45) is 46.3 Å². The molecule has 0 aliphatic heterocycles. The van der Waals surface area contributed by atoms with E-state index >= 15 is 0 Å². The normalized spacial score (nSPS) is 42.9. The van der Waals surface area contributed by atoms with Gasteiger partial charge in [-0.1, -0.05) is 65.5 Å². The molecule has 176 valence electrons. The van der Waals surface area contributed by atoms with Crippen LogP contribution < -0.4 is 0 Å². The second kappa shape index (κ2) is 8.75. The number of carbonyl (C=O) groups is 1. The molecule has 0 unspecified atom stereocenters. The number of carboxylic acid groups (broad SMARTS) is 1. The third kappa shape index (κ3) is 4.20. The van der Waals surface area contributed by atoms with Crippen LogP contribution in [0.25, 0.3) is 0 Å². The van der Waals surface area contributed by atoms with Gasteiger partial charge in [-0.3, -0.25) is 0 Å². The highest BCUT2D eigenvalue weighted by Gasteiger charge is 2.59. The molecule has 0 radical (unpaired) electrons. The van der Waals surface area contributed by atoms with Crippen molar-refractivity contribution in [3.63, 3.8) is 0 Å². The van der Waals surface area contributed by atoms with Gasteiger partial charge in [0, 0.05) is 6.42 Å². The number of rotatable bonds is 6. The summed E-state index contributed by atoms with van der Waals surface area (Å²) in [5, 5.41) is 9.05. The van der Waals surface area contributed by atoms with Crippen molar-refractivity contribution in [2.45, 2.75) is 111 Å². The van der Waals surface area contributed by atoms with Gasteiger partial charge in [0.15, 0.2) is 0 Å². The molecule has 1 N–H and O–H groups in total. The second-order valence-corrected chi connectivity index (χ2v) is 12.5. The lowest BCUT2D eigenvalue weighted by Crippen LogP contribution is -2.51. The van der Waals surface area contributed by atoms with Gasteiger partial charge in [-0.15, -0.1) is 0 Å². The van der Waals surface area contributed by atoms with Crippen LogP contribution >= 0.6 is 0 Å². The summed E-state index contributed by atoms with van der Waals surface area (Å²) >= 11 is 0. The summed E-state index contributed by atoms with van der Waals surface area (Å²) in [7, 11) is 0. The SMILES string of the molecule is CC(C)CCC[C@@H](C)[C@H]1CC[C@@H]2[C@@H]3CC=C4C[C@H](OC(=O)O)CC[C@]4(C)[C@H]3CC[C@@]21C. The maximum absolute atomic E-state index is 11.0. The summed E-state index contributed by atoms with van der Waals surface area (Å²) in [6.45, 7) is 12.4. The highest BCUT2D eigenvalue weighted by atomic mass is 16.7. The van der Waals surface area contributed by atoms with E-state index in [1.165, 1.54) is 56.9 Å². The minimum atomic E-state index is -1.11. The maximum atomic E-state index is 11.0. The van der Waals surface area contributed by atoms with Gasteiger partial charge in [-0.05, 0) is 91.3 Å². The molecule has 3 saturated carbocycles. The second-order valence-electron chi connectivity index (χ2n) is 12.5. The van der Waals surface area contributed by atoms with Gasteiger partial charge < -0.3 is 9.84 Å². The molecule has 0 aromatic rings. The molecule has 0 amide bonds. The van der Waals surface area contributed by atoms with Crippen LogP contribution in [0.2, 0.25) is 0 Å². The van der Waals surface area contributed by atoms with Crippen LogP contribution in [0.1, 0.15) is 105 Å². The van der Waals surface area contributed by atoms with Crippen LogP contribution in [0.15, 0.2) is 11.6 Å². The lowest BCUT2D eigenvalue weighted by atomic mass is 9.47. The van der Waals surface area contributed by atoms with E-state index in [2.05, 4.69) is 40.7 Å². The fourth-order valence-electron chi connectivity index (χ4n) is 8.90. The standard InChI is InChI=1S/C28H46O3/c1-18(2)7-6-8-19(3)23-11-12-24-22-10-9-20-17-21(31-26(29)30)13-15-27(20,4)25(22)14-16-28(23,24)5/h9,18-19,21-25H,6-8,10-17H2,1-5H3,(H,29,30)/t19-,21-,22+,23-,24-,25+,27+,28-/m1/s1. The Balaban J connectivity index is 1.47. The third-order valence-corrected chi connectivity index (χ3v) is 10.5. The van der Waals surface area contributed by atoms with Gasteiger partial charge in [0.25, 0.3) is 0 Å².